The van der Waals surface area contributed by atoms with Crippen molar-refractivity contribution in [2.45, 2.75) is 71.1 Å². The lowest BCUT2D eigenvalue weighted by molar-refractivity contribution is -0.428. The van der Waals surface area contributed by atoms with Crippen LogP contribution in [0.3, 0.4) is 0 Å². The van der Waals surface area contributed by atoms with Crippen molar-refractivity contribution in [3.63, 3.8) is 0 Å². The Morgan fingerprint density at radius 2 is 1.56 bits per heavy atom. The van der Waals surface area contributed by atoms with Crippen molar-refractivity contribution in [1.82, 2.24) is 0 Å². The van der Waals surface area contributed by atoms with Gasteiger partial charge in [-0.2, -0.15) is 0 Å². The molecule has 0 fully saturated rings. The van der Waals surface area contributed by atoms with Crippen LogP contribution in [0.15, 0.2) is 47.9 Å². The van der Waals surface area contributed by atoms with Crippen LogP contribution in [0.25, 0.3) is 0 Å². The smallest absolute Gasteiger partial charge is 0.246 e. The van der Waals surface area contributed by atoms with E-state index in [1.165, 1.54) is 0 Å². The molecule has 0 aromatic heterocycles. The maximum atomic E-state index is 11.0. The molecular formula is C20H29N2O5. The molecule has 0 bridgehead atoms. The Kier molecular flexibility index (Phi) is 15.3. The number of allylic oxidation sites excluding steroid dienone is 7. The van der Waals surface area contributed by atoms with Crippen LogP contribution in [-0.2, 0) is 4.79 Å². The minimum atomic E-state index is -0.409. The molecule has 0 atom stereocenters. The number of hydrogen-bond acceptors (Lipinski definition) is 5. The lowest BCUT2D eigenvalue weighted by Gasteiger charge is -1.97. The van der Waals surface area contributed by atoms with E-state index in [0.29, 0.717) is 32.1 Å². The quantitative estimate of drug-likeness (QED) is 0.154. The summed E-state index contributed by atoms with van der Waals surface area (Å²) in [6.45, 7) is 2.06. The molecule has 0 rings (SSSR count). The Labute approximate surface area is 160 Å². The first-order valence-corrected chi connectivity index (χ1v) is 9.34. The summed E-state index contributed by atoms with van der Waals surface area (Å²) >= 11 is 0. The van der Waals surface area contributed by atoms with E-state index in [-0.39, 0.29) is 29.2 Å². The van der Waals surface area contributed by atoms with Gasteiger partial charge in [0.15, 0.2) is 6.29 Å². The summed E-state index contributed by atoms with van der Waals surface area (Å²) < 4.78 is 0. The number of nitrogens with zero attached hydrogens (tertiary/aromatic N) is 2. The summed E-state index contributed by atoms with van der Waals surface area (Å²) in [7, 11) is 0. The first-order valence-electron chi connectivity index (χ1n) is 9.34. The molecule has 0 unspecified atom stereocenters. The Bertz CT molecular complexity index is 577. The Balaban J connectivity index is 4.27. The van der Waals surface area contributed by atoms with Crippen LogP contribution in [0.5, 0.6) is 0 Å². The van der Waals surface area contributed by atoms with Gasteiger partial charge < -0.3 is 0 Å². The third-order valence-corrected chi connectivity index (χ3v) is 3.79. The topological polar surface area (TPSA) is 103 Å². The highest BCUT2D eigenvalue weighted by molar-refractivity contribution is 5.50. The fourth-order valence-electron chi connectivity index (χ4n) is 2.27. The highest BCUT2D eigenvalue weighted by atomic mass is 16.6. The summed E-state index contributed by atoms with van der Waals surface area (Å²) in [5.41, 5.74) is 0.378. The zero-order valence-corrected chi connectivity index (χ0v) is 16.0. The van der Waals surface area contributed by atoms with Crippen molar-refractivity contribution < 1.29 is 14.6 Å². The second kappa shape index (κ2) is 16.9. The normalized spacial score (nSPS) is 12.8. The zero-order valence-electron chi connectivity index (χ0n) is 16.0. The van der Waals surface area contributed by atoms with Gasteiger partial charge in [-0.15, -0.1) is 0 Å². The van der Waals surface area contributed by atoms with Crippen molar-refractivity contribution in [2.75, 3.05) is 0 Å². The molecule has 0 spiro atoms. The summed E-state index contributed by atoms with van der Waals surface area (Å²) in [6.07, 6.45) is 18.3. The monoisotopic (exact) mass is 377 g/mol. The maximum absolute atomic E-state index is 11.0. The van der Waals surface area contributed by atoms with Crippen molar-refractivity contribution in [2.24, 2.45) is 0 Å². The fraction of sp³-hybridized carbons (Fsp3) is 0.550. The van der Waals surface area contributed by atoms with E-state index in [1.807, 2.05) is 18.2 Å². The minimum absolute atomic E-state index is 0.117. The van der Waals surface area contributed by atoms with Gasteiger partial charge in [-0.3, -0.25) is 25.0 Å². The van der Waals surface area contributed by atoms with Gasteiger partial charge in [-0.1, -0.05) is 44.1 Å². The first-order chi connectivity index (χ1) is 13.0. The van der Waals surface area contributed by atoms with Crippen LogP contribution < -0.4 is 0 Å². The van der Waals surface area contributed by atoms with Gasteiger partial charge in [0.2, 0.25) is 11.4 Å². The third-order valence-electron chi connectivity index (χ3n) is 3.79. The van der Waals surface area contributed by atoms with E-state index >= 15 is 0 Å². The summed E-state index contributed by atoms with van der Waals surface area (Å²) in [5.74, 6) is 0. The lowest BCUT2D eigenvalue weighted by Crippen LogP contribution is -1.98. The molecule has 0 aliphatic carbocycles. The predicted molar refractivity (Wildman–Crippen MR) is 106 cm³/mol. The number of unbranched alkanes of at least 4 members (excludes halogenated alkanes) is 4. The van der Waals surface area contributed by atoms with Gasteiger partial charge >= 0.3 is 0 Å². The summed E-state index contributed by atoms with van der Waals surface area (Å²) in [5, 5.41) is 21.9. The highest BCUT2D eigenvalue weighted by Crippen LogP contribution is 2.11. The van der Waals surface area contributed by atoms with Gasteiger partial charge in [-0.05, 0) is 44.3 Å². The number of rotatable bonds is 16. The van der Waals surface area contributed by atoms with Crippen LogP contribution >= 0.6 is 0 Å². The van der Waals surface area contributed by atoms with Gasteiger partial charge in [0.1, 0.15) is 0 Å². The molecule has 0 aromatic rings. The molecule has 0 saturated carbocycles. The average Bonchev–Trinajstić information content (AvgIpc) is 2.63. The molecule has 0 N–H and O–H groups in total. The zero-order chi connectivity index (χ0) is 20.3. The molecule has 0 aliphatic heterocycles. The van der Waals surface area contributed by atoms with E-state index in [9.17, 15) is 25.0 Å². The van der Waals surface area contributed by atoms with Crippen molar-refractivity contribution in [3.05, 3.63) is 68.1 Å². The highest BCUT2D eigenvalue weighted by Gasteiger charge is 2.08. The molecule has 0 amide bonds. The maximum Gasteiger partial charge on any atom is 0.246 e. The number of hydrogen-bond donors (Lipinski definition) is 0. The summed E-state index contributed by atoms with van der Waals surface area (Å²) in [6, 6.07) is 0. The number of nitro groups is 2. The average molecular weight is 377 g/mol. The second-order valence-electron chi connectivity index (χ2n) is 6.02. The van der Waals surface area contributed by atoms with E-state index in [1.54, 1.807) is 24.5 Å². The van der Waals surface area contributed by atoms with E-state index in [4.69, 9.17) is 0 Å². The fourth-order valence-corrected chi connectivity index (χ4v) is 2.27. The second-order valence-corrected chi connectivity index (χ2v) is 6.02. The molecule has 149 valence electrons. The van der Waals surface area contributed by atoms with Crippen LogP contribution in [0.1, 0.15) is 71.1 Å². The Morgan fingerprint density at radius 1 is 0.889 bits per heavy atom. The molecule has 0 aromatic carbocycles. The van der Waals surface area contributed by atoms with Crippen LogP contribution in [0.2, 0.25) is 0 Å². The van der Waals surface area contributed by atoms with Crippen molar-refractivity contribution >= 4 is 6.29 Å². The molecule has 1 radical (unpaired) electrons. The Hall–Kier alpha value is -2.57. The van der Waals surface area contributed by atoms with Gasteiger partial charge in [0.25, 0.3) is 0 Å². The molecular weight excluding hydrogens is 348 g/mol. The summed E-state index contributed by atoms with van der Waals surface area (Å²) in [4.78, 5) is 31.3. The van der Waals surface area contributed by atoms with Crippen LogP contribution in [0.4, 0.5) is 0 Å². The van der Waals surface area contributed by atoms with Crippen LogP contribution in [-0.4, -0.2) is 16.1 Å². The van der Waals surface area contributed by atoms with Crippen LogP contribution in [0, 0.1) is 20.2 Å². The SMILES string of the molecule is CCCCC/C(=C\C/C=C\C/C=C\C/C(=C\CCC[C]=O)[N+](=O)[O-])[N+](=O)[O-]. The predicted octanol–water partition coefficient (Wildman–Crippen LogP) is 5.45. The van der Waals surface area contributed by atoms with Crippen molar-refractivity contribution in [1.29, 1.82) is 0 Å². The van der Waals surface area contributed by atoms with Gasteiger partial charge in [0, 0.05) is 12.8 Å². The van der Waals surface area contributed by atoms with E-state index in [2.05, 4.69) is 6.92 Å². The molecule has 27 heavy (non-hydrogen) atoms. The Morgan fingerprint density at radius 3 is 2.19 bits per heavy atom. The van der Waals surface area contributed by atoms with Gasteiger partial charge in [-0.25, -0.2) is 0 Å². The van der Waals surface area contributed by atoms with E-state index < -0.39 is 4.92 Å². The molecule has 0 heterocycles. The lowest BCUT2D eigenvalue weighted by atomic mass is 10.1. The number of carbonyl (C=O) groups excluding carboxylic acids is 1. The minimum Gasteiger partial charge on any atom is -0.291 e. The van der Waals surface area contributed by atoms with E-state index in [0.717, 1.165) is 19.3 Å². The molecule has 7 nitrogen and oxygen atoms in total. The first kappa shape index (κ1) is 24.4. The standard InChI is InChI=1S/C20H29N2O5/c1-2-3-9-14-19(21(24)25)15-10-6-4-5-7-11-16-20(22(26)27)17-12-8-13-18-23/h4,6-7,11,15,17H,2-3,5,8-10,12-14,16H2,1H3/b6-4-,11-7-,19-15+,20-17+. The molecule has 0 aliphatic rings. The third kappa shape index (κ3) is 14.3. The van der Waals surface area contributed by atoms with Gasteiger partial charge in [0.05, 0.1) is 16.3 Å². The van der Waals surface area contributed by atoms with Crippen molar-refractivity contribution in [3.8, 4) is 0 Å². The molecule has 0 saturated heterocycles. The largest absolute Gasteiger partial charge is 0.291 e. The molecule has 7 heteroatoms.